The van der Waals surface area contributed by atoms with Gasteiger partial charge in [0.2, 0.25) is 0 Å². The molecule has 1 atom stereocenters. The molecule has 0 radical (unpaired) electrons. The van der Waals surface area contributed by atoms with Gasteiger partial charge in [-0.05, 0) is 51.0 Å². The van der Waals surface area contributed by atoms with Crippen LogP contribution in [0.2, 0.25) is 0 Å². The molecule has 0 aromatic carbocycles. The Morgan fingerprint density at radius 3 is 2.20 bits per heavy atom. The number of rotatable bonds is 4. The Balaban J connectivity index is 1.63. The Morgan fingerprint density at radius 2 is 1.53 bits per heavy atom. The van der Waals surface area contributed by atoms with E-state index in [1.807, 2.05) is 0 Å². The van der Waals surface area contributed by atoms with Crippen LogP contribution in [0, 0.1) is 11.8 Å². The monoisotopic (exact) mass is 209 g/mol. The summed E-state index contributed by atoms with van der Waals surface area (Å²) < 4.78 is 0. The minimum absolute atomic E-state index is 0.773. The van der Waals surface area contributed by atoms with Crippen LogP contribution in [0.4, 0.5) is 0 Å². The van der Waals surface area contributed by atoms with Crippen molar-refractivity contribution in [2.24, 2.45) is 11.8 Å². The molecule has 1 nitrogen and oxygen atoms in total. The number of nitrogens with one attached hydrogen (secondary N) is 1. The zero-order valence-corrected chi connectivity index (χ0v) is 10.3. The van der Waals surface area contributed by atoms with Crippen LogP contribution in [-0.2, 0) is 0 Å². The van der Waals surface area contributed by atoms with Gasteiger partial charge in [-0.1, -0.05) is 32.1 Å². The normalized spacial score (nSPS) is 27.0. The molecule has 0 unspecified atom stereocenters. The highest BCUT2D eigenvalue weighted by Crippen LogP contribution is 2.28. The zero-order chi connectivity index (χ0) is 10.5. The molecule has 1 heteroatoms. The van der Waals surface area contributed by atoms with E-state index in [0.717, 1.165) is 17.9 Å². The molecule has 0 aliphatic heterocycles. The maximum atomic E-state index is 3.79. The maximum Gasteiger partial charge on any atom is 0.00671 e. The van der Waals surface area contributed by atoms with Crippen molar-refractivity contribution in [2.75, 3.05) is 6.54 Å². The van der Waals surface area contributed by atoms with Crippen LogP contribution < -0.4 is 5.32 Å². The summed E-state index contributed by atoms with van der Waals surface area (Å²) in [6, 6.07) is 0.773. The SMILES string of the molecule is C[C@@H](NCC1CCCCC1)C1CCCC1. The van der Waals surface area contributed by atoms with Crippen molar-refractivity contribution < 1.29 is 0 Å². The molecule has 2 saturated carbocycles. The predicted molar refractivity (Wildman–Crippen MR) is 66.0 cm³/mol. The lowest BCUT2D eigenvalue weighted by Crippen LogP contribution is -2.36. The molecule has 0 aromatic heterocycles. The van der Waals surface area contributed by atoms with E-state index < -0.39 is 0 Å². The van der Waals surface area contributed by atoms with E-state index in [9.17, 15) is 0 Å². The Labute approximate surface area is 95.0 Å². The minimum Gasteiger partial charge on any atom is -0.314 e. The third-order valence-corrected chi connectivity index (χ3v) is 4.56. The summed E-state index contributed by atoms with van der Waals surface area (Å²) in [5, 5.41) is 3.79. The quantitative estimate of drug-likeness (QED) is 0.744. The van der Waals surface area contributed by atoms with Crippen LogP contribution in [0.25, 0.3) is 0 Å². The van der Waals surface area contributed by atoms with Gasteiger partial charge in [-0.3, -0.25) is 0 Å². The van der Waals surface area contributed by atoms with E-state index in [4.69, 9.17) is 0 Å². The molecule has 2 aliphatic rings. The molecule has 2 aliphatic carbocycles. The standard InChI is InChI=1S/C14H27N/c1-12(14-9-5-6-10-14)15-11-13-7-3-2-4-8-13/h12-15H,2-11H2,1H3/t12-/m1/s1. The van der Waals surface area contributed by atoms with Crippen LogP contribution in [-0.4, -0.2) is 12.6 Å². The summed E-state index contributed by atoms with van der Waals surface area (Å²) in [5.74, 6) is 1.97. The lowest BCUT2D eigenvalue weighted by molar-refractivity contribution is 0.302. The summed E-state index contributed by atoms with van der Waals surface area (Å²) >= 11 is 0. The first-order chi connectivity index (χ1) is 7.36. The van der Waals surface area contributed by atoms with Gasteiger partial charge in [0.1, 0.15) is 0 Å². The molecule has 2 fully saturated rings. The van der Waals surface area contributed by atoms with Crippen molar-refractivity contribution in [3.63, 3.8) is 0 Å². The summed E-state index contributed by atoms with van der Waals surface area (Å²) in [5.41, 5.74) is 0. The van der Waals surface area contributed by atoms with Crippen molar-refractivity contribution >= 4 is 0 Å². The smallest absolute Gasteiger partial charge is 0.00671 e. The van der Waals surface area contributed by atoms with Gasteiger partial charge in [-0.15, -0.1) is 0 Å². The van der Waals surface area contributed by atoms with Gasteiger partial charge in [0, 0.05) is 6.04 Å². The summed E-state index contributed by atoms with van der Waals surface area (Å²) in [6.07, 6.45) is 13.3. The second-order valence-corrected chi connectivity index (χ2v) is 5.75. The fourth-order valence-electron chi connectivity index (χ4n) is 3.37. The topological polar surface area (TPSA) is 12.0 Å². The first-order valence-electron chi connectivity index (χ1n) is 7.09. The number of hydrogen-bond donors (Lipinski definition) is 1. The summed E-state index contributed by atoms with van der Waals surface area (Å²) in [7, 11) is 0. The molecule has 0 saturated heterocycles. The van der Waals surface area contributed by atoms with Gasteiger partial charge >= 0.3 is 0 Å². The molecule has 2 rings (SSSR count). The zero-order valence-electron chi connectivity index (χ0n) is 10.3. The lowest BCUT2D eigenvalue weighted by atomic mass is 9.88. The largest absolute Gasteiger partial charge is 0.314 e. The van der Waals surface area contributed by atoms with Gasteiger partial charge in [0.15, 0.2) is 0 Å². The van der Waals surface area contributed by atoms with E-state index in [0.29, 0.717) is 0 Å². The van der Waals surface area contributed by atoms with Crippen LogP contribution >= 0.6 is 0 Å². The van der Waals surface area contributed by atoms with Crippen molar-refractivity contribution in [1.82, 2.24) is 5.32 Å². The molecular weight excluding hydrogens is 182 g/mol. The molecule has 0 bridgehead atoms. The van der Waals surface area contributed by atoms with Crippen LogP contribution in [0.1, 0.15) is 64.7 Å². The van der Waals surface area contributed by atoms with E-state index >= 15 is 0 Å². The average Bonchev–Trinajstić information content (AvgIpc) is 2.81. The highest BCUT2D eigenvalue weighted by Gasteiger charge is 2.22. The van der Waals surface area contributed by atoms with Crippen molar-refractivity contribution in [3.8, 4) is 0 Å². The van der Waals surface area contributed by atoms with Gasteiger partial charge in [0.05, 0.1) is 0 Å². The second kappa shape index (κ2) is 5.89. The molecule has 88 valence electrons. The van der Waals surface area contributed by atoms with E-state index in [-0.39, 0.29) is 0 Å². The Morgan fingerprint density at radius 1 is 0.933 bits per heavy atom. The highest BCUT2D eigenvalue weighted by atomic mass is 14.9. The molecule has 1 N–H and O–H groups in total. The second-order valence-electron chi connectivity index (χ2n) is 5.75. The molecular formula is C14H27N. The summed E-state index contributed by atoms with van der Waals surface area (Å²) in [4.78, 5) is 0. The first kappa shape index (κ1) is 11.4. The fraction of sp³-hybridized carbons (Fsp3) is 1.00. The Kier molecular flexibility index (Phi) is 4.49. The highest BCUT2D eigenvalue weighted by molar-refractivity contribution is 4.78. The summed E-state index contributed by atoms with van der Waals surface area (Å²) in [6.45, 7) is 3.69. The fourth-order valence-corrected chi connectivity index (χ4v) is 3.37. The minimum atomic E-state index is 0.773. The van der Waals surface area contributed by atoms with E-state index in [2.05, 4.69) is 12.2 Å². The molecule has 15 heavy (non-hydrogen) atoms. The van der Waals surface area contributed by atoms with Crippen LogP contribution in [0.3, 0.4) is 0 Å². The van der Waals surface area contributed by atoms with Crippen LogP contribution in [0.5, 0.6) is 0 Å². The van der Waals surface area contributed by atoms with Gasteiger partial charge in [-0.2, -0.15) is 0 Å². The van der Waals surface area contributed by atoms with Crippen molar-refractivity contribution in [2.45, 2.75) is 70.8 Å². The predicted octanol–water partition coefficient (Wildman–Crippen LogP) is 3.74. The third-order valence-electron chi connectivity index (χ3n) is 4.56. The Bertz CT molecular complexity index is 166. The van der Waals surface area contributed by atoms with Gasteiger partial charge < -0.3 is 5.32 Å². The average molecular weight is 209 g/mol. The van der Waals surface area contributed by atoms with Crippen LogP contribution in [0.15, 0.2) is 0 Å². The molecule has 0 spiro atoms. The van der Waals surface area contributed by atoms with E-state index in [1.54, 1.807) is 0 Å². The lowest BCUT2D eigenvalue weighted by Gasteiger charge is -2.26. The number of hydrogen-bond acceptors (Lipinski definition) is 1. The molecule has 0 amide bonds. The van der Waals surface area contributed by atoms with Gasteiger partial charge in [0.25, 0.3) is 0 Å². The molecule has 0 heterocycles. The maximum absolute atomic E-state index is 3.79. The van der Waals surface area contributed by atoms with E-state index in [1.165, 1.54) is 64.3 Å². The third kappa shape index (κ3) is 3.48. The Hall–Kier alpha value is -0.0400. The van der Waals surface area contributed by atoms with Crippen molar-refractivity contribution in [3.05, 3.63) is 0 Å². The van der Waals surface area contributed by atoms with Crippen molar-refractivity contribution in [1.29, 1.82) is 0 Å². The molecule has 0 aromatic rings. The first-order valence-corrected chi connectivity index (χ1v) is 7.09. The van der Waals surface area contributed by atoms with Gasteiger partial charge in [-0.25, -0.2) is 0 Å².